The largest absolute Gasteiger partial charge is 0.497 e. The van der Waals surface area contributed by atoms with Crippen molar-refractivity contribution in [1.29, 1.82) is 0 Å². The highest BCUT2D eigenvalue weighted by Crippen LogP contribution is 2.23. The van der Waals surface area contributed by atoms with Crippen molar-refractivity contribution in [3.63, 3.8) is 0 Å². The Morgan fingerprint density at radius 2 is 1.32 bits per heavy atom. The summed E-state index contributed by atoms with van der Waals surface area (Å²) in [6, 6.07) is 19.6. The van der Waals surface area contributed by atoms with Crippen molar-refractivity contribution in [3.8, 4) is 16.9 Å². The topological polar surface area (TPSA) is 150 Å². The van der Waals surface area contributed by atoms with Gasteiger partial charge in [0.1, 0.15) is 5.75 Å². The van der Waals surface area contributed by atoms with Gasteiger partial charge in [0.15, 0.2) is 0 Å². The third-order valence-electron chi connectivity index (χ3n) is 5.27. The van der Waals surface area contributed by atoms with E-state index in [1.54, 1.807) is 57.4 Å². The van der Waals surface area contributed by atoms with Gasteiger partial charge in [-0.25, -0.2) is 9.59 Å². The number of carboxylic acids is 3. The van der Waals surface area contributed by atoms with E-state index in [0.717, 1.165) is 17.2 Å². The molecule has 194 valence electrons. The van der Waals surface area contributed by atoms with Crippen molar-refractivity contribution in [1.82, 2.24) is 5.32 Å². The van der Waals surface area contributed by atoms with E-state index in [2.05, 4.69) is 5.32 Å². The van der Waals surface area contributed by atoms with E-state index in [-0.39, 0.29) is 29.4 Å². The highest BCUT2D eigenvalue weighted by atomic mass is 16.5. The van der Waals surface area contributed by atoms with Crippen LogP contribution in [0.1, 0.15) is 52.6 Å². The fraction of sp³-hybridized carbons (Fsp3) is 0.214. The van der Waals surface area contributed by atoms with Gasteiger partial charge in [0.2, 0.25) is 5.91 Å². The Hall–Kier alpha value is -4.66. The predicted octanol–water partition coefficient (Wildman–Crippen LogP) is 4.73. The zero-order chi connectivity index (χ0) is 27.5. The number of amides is 1. The number of carbonyl (C=O) groups is 4. The van der Waals surface area contributed by atoms with E-state index < -0.39 is 23.9 Å². The van der Waals surface area contributed by atoms with Crippen LogP contribution in [0.5, 0.6) is 5.75 Å². The summed E-state index contributed by atoms with van der Waals surface area (Å²) < 4.78 is 5.05. The molecule has 9 heteroatoms. The molecular formula is C28H29NO8. The lowest BCUT2D eigenvalue weighted by atomic mass is 10.00. The standard InChI is InChI=1S/C14H19NO4.C14H10O4/c1-9(2)14(18)15-12(8-13(16)17)10-4-6-11(19-3)7-5-10;15-13(16)11-6-10(7-12(8-11)14(17)18)9-4-2-1-3-5-9/h4-7,9,12H,8H2,1-3H3,(H,15,18)(H,16,17);1-8H,(H,15,16)(H,17,18). The van der Waals surface area contributed by atoms with Gasteiger partial charge in [-0.05, 0) is 47.0 Å². The molecule has 1 amide bonds. The Balaban J connectivity index is 0.000000260. The normalized spacial score (nSPS) is 11.0. The van der Waals surface area contributed by atoms with E-state index in [1.165, 1.54) is 12.1 Å². The molecule has 0 bridgehead atoms. The molecule has 0 aliphatic carbocycles. The van der Waals surface area contributed by atoms with Gasteiger partial charge in [0.25, 0.3) is 0 Å². The quantitative estimate of drug-likeness (QED) is 0.324. The third-order valence-corrected chi connectivity index (χ3v) is 5.27. The Bertz CT molecular complexity index is 1200. The lowest BCUT2D eigenvalue weighted by molar-refractivity contribution is -0.137. The van der Waals surface area contributed by atoms with E-state index in [0.29, 0.717) is 11.3 Å². The van der Waals surface area contributed by atoms with Gasteiger partial charge in [-0.3, -0.25) is 9.59 Å². The Morgan fingerprint density at radius 1 is 0.784 bits per heavy atom. The third kappa shape index (κ3) is 8.81. The van der Waals surface area contributed by atoms with Gasteiger partial charge < -0.3 is 25.4 Å². The summed E-state index contributed by atoms with van der Waals surface area (Å²) in [7, 11) is 1.56. The van der Waals surface area contributed by atoms with Gasteiger partial charge in [-0.15, -0.1) is 0 Å². The van der Waals surface area contributed by atoms with Crippen LogP contribution in [0, 0.1) is 5.92 Å². The van der Waals surface area contributed by atoms with Crippen molar-refractivity contribution in [2.45, 2.75) is 26.3 Å². The average molecular weight is 508 g/mol. The molecule has 1 unspecified atom stereocenters. The van der Waals surface area contributed by atoms with Crippen LogP contribution in [-0.2, 0) is 9.59 Å². The van der Waals surface area contributed by atoms with E-state index in [9.17, 15) is 19.2 Å². The lowest BCUT2D eigenvalue weighted by Gasteiger charge is -2.19. The van der Waals surface area contributed by atoms with Gasteiger partial charge in [-0.2, -0.15) is 0 Å². The average Bonchev–Trinajstić information content (AvgIpc) is 2.88. The molecule has 0 fully saturated rings. The number of aliphatic carboxylic acids is 1. The summed E-state index contributed by atoms with van der Waals surface area (Å²) in [5, 5.41) is 29.6. The summed E-state index contributed by atoms with van der Waals surface area (Å²) in [4.78, 5) is 44.5. The van der Waals surface area contributed by atoms with Crippen LogP contribution in [0.4, 0.5) is 0 Å². The zero-order valence-corrected chi connectivity index (χ0v) is 20.7. The number of benzene rings is 3. The Morgan fingerprint density at radius 3 is 1.76 bits per heavy atom. The Kier molecular flexibility index (Phi) is 10.4. The molecule has 0 aliphatic heterocycles. The second-order valence-electron chi connectivity index (χ2n) is 8.36. The van der Waals surface area contributed by atoms with Crippen molar-refractivity contribution in [2.24, 2.45) is 5.92 Å². The molecule has 0 aromatic heterocycles. The number of ether oxygens (including phenoxy) is 1. The van der Waals surface area contributed by atoms with Crippen LogP contribution in [0.3, 0.4) is 0 Å². The summed E-state index contributed by atoms with van der Waals surface area (Å²) in [5.74, 6) is -2.90. The predicted molar refractivity (Wildman–Crippen MR) is 137 cm³/mol. The highest BCUT2D eigenvalue weighted by Gasteiger charge is 2.19. The molecular weight excluding hydrogens is 478 g/mol. The van der Waals surface area contributed by atoms with Crippen molar-refractivity contribution < 1.29 is 39.2 Å². The molecule has 0 radical (unpaired) electrons. The first kappa shape index (κ1) is 28.6. The van der Waals surface area contributed by atoms with Crippen LogP contribution < -0.4 is 10.1 Å². The number of methoxy groups -OCH3 is 1. The molecule has 0 saturated carbocycles. The maximum absolute atomic E-state index is 11.7. The zero-order valence-electron chi connectivity index (χ0n) is 20.7. The second kappa shape index (κ2) is 13.4. The number of rotatable bonds is 9. The molecule has 0 spiro atoms. The fourth-order valence-corrected chi connectivity index (χ4v) is 3.27. The molecule has 37 heavy (non-hydrogen) atoms. The first-order chi connectivity index (χ1) is 17.5. The minimum absolute atomic E-state index is 0.0336. The minimum Gasteiger partial charge on any atom is -0.497 e. The number of carboxylic acid groups (broad SMARTS) is 3. The summed E-state index contributed by atoms with van der Waals surface area (Å²) in [6.07, 6.45) is -0.148. The molecule has 0 heterocycles. The van der Waals surface area contributed by atoms with Crippen LogP contribution in [0.2, 0.25) is 0 Å². The van der Waals surface area contributed by atoms with Gasteiger partial charge in [0.05, 0.1) is 30.7 Å². The van der Waals surface area contributed by atoms with E-state index >= 15 is 0 Å². The smallest absolute Gasteiger partial charge is 0.335 e. The SMILES string of the molecule is COc1ccc(C(CC(=O)O)NC(=O)C(C)C)cc1.O=C(O)c1cc(C(=O)O)cc(-c2ccccc2)c1. The van der Waals surface area contributed by atoms with Crippen molar-refractivity contribution in [2.75, 3.05) is 7.11 Å². The van der Waals surface area contributed by atoms with Crippen LogP contribution in [0.25, 0.3) is 11.1 Å². The summed E-state index contributed by atoms with van der Waals surface area (Å²) >= 11 is 0. The number of hydrogen-bond donors (Lipinski definition) is 4. The fourth-order valence-electron chi connectivity index (χ4n) is 3.27. The van der Waals surface area contributed by atoms with Crippen molar-refractivity contribution >= 4 is 23.8 Å². The number of carbonyl (C=O) groups excluding carboxylic acids is 1. The number of hydrogen-bond acceptors (Lipinski definition) is 5. The van der Waals surface area contributed by atoms with Gasteiger partial charge >= 0.3 is 17.9 Å². The highest BCUT2D eigenvalue weighted by molar-refractivity contribution is 5.96. The molecule has 3 rings (SSSR count). The molecule has 3 aromatic rings. The Labute approximate surface area is 214 Å². The first-order valence-corrected chi connectivity index (χ1v) is 11.3. The first-order valence-electron chi connectivity index (χ1n) is 11.3. The van der Waals surface area contributed by atoms with Crippen LogP contribution in [-0.4, -0.2) is 46.2 Å². The lowest BCUT2D eigenvalue weighted by Crippen LogP contribution is -2.33. The molecule has 9 nitrogen and oxygen atoms in total. The van der Waals surface area contributed by atoms with Crippen LogP contribution in [0.15, 0.2) is 72.8 Å². The summed E-state index contributed by atoms with van der Waals surface area (Å²) in [6.45, 7) is 3.53. The maximum Gasteiger partial charge on any atom is 0.335 e. The van der Waals surface area contributed by atoms with Gasteiger partial charge in [0, 0.05) is 5.92 Å². The summed E-state index contributed by atoms with van der Waals surface area (Å²) in [5.41, 5.74) is 2.04. The van der Waals surface area contributed by atoms with E-state index in [4.69, 9.17) is 20.1 Å². The van der Waals surface area contributed by atoms with Gasteiger partial charge in [-0.1, -0.05) is 56.3 Å². The molecule has 4 N–H and O–H groups in total. The molecule has 3 aromatic carbocycles. The van der Waals surface area contributed by atoms with E-state index in [1.807, 2.05) is 18.2 Å². The monoisotopic (exact) mass is 507 g/mol. The second-order valence-corrected chi connectivity index (χ2v) is 8.36. The minimum atomic E-state index is -1.14. The van der Waals surface area contributed by atoms with Crippen LogP contribution >= 0.6 is 0 Å². The molecule has 0 saturated heterocycles. The maximum atomic E-state index is 11.7. The molecule has 0 aliphatic rings. The number of nitrogens with one attached hydrogen (secondary N) is 1. The van der Waals surface area contributed by atoms with Crippen molar-refractivity contribution in [3.05, 3.63) is 89.5 Å². The molecule has 1 atom stereocenters. The number of aromatic carboxylic acids is 2.